The van der Waals surface area contributed by atoms with Gasteiger partial charge in [-0.15, -0.1) is 0 Å². The zero-order chi connectivity index (χ0) is 14.8. The van der Waals surface area contributed by atoms with Gasteiger partial charge in [-0.25, -0.2) is 0 Å². The third-order valence-corrected chi connectivity index (χ3v) is 3.44. The highest BCUT2D eigenvalue weighted by atomic mass is 16.5. The lowest BCUT2D eigenvalue weighted by atomic mass is 9.91. The van der Waals surface area contributed by atoms with Crippen molar-refractivity contribution in [2.75, 3.05) is 53.0 Å². The fraction of sp³-hybridized carbons (Fsp3) is 0.933. The molecule has 1 aliphatic heterocycles. The van der Waals surface area contributed by atoms with Gasteiger partial charge in [0, 0.05) is 39.8 Å². The van der Waals surface area contributed by atoms with Crippen molar-refractivity contribution in [2.45, 2.75) is 33.6 Å². The van der Waals surface area contributed by atoms with Crippen LogP contribution in [0.5, 0.6) is 0 Å². The molecule has 0 atom stereocenters. The predicted octanol–water partition coefficient (Wildman–Crippen LogP) is 1.31. The largest absolute Gasteiger partial charge is 0.379 e. The van der Waals surface area contributed by atoms with E-state index in [4.69, 9.17) is 4.74 Å². The zero-order valence-corrected chi connectivity index (χ0v) is 13.7. The molecule has 0 unspecified atom stereocenters. The van der Waals surface area contributed by atoms with Crippen LogP contribution in [-0.2, 0) is 4.74 Å². The Kier molecular flexibility index (Phi) is 7.92. The van der Waals surface area contributed by atoms with Gasteiger partial charge in [0.2, 0.25) is 0 Å². The number of aliphatic imine (C=N–C) groups is 1. The third-order valence-electron chi connectivity index (χ3n) is 3.44. The molecule has 0 aromatic rings. The van der Waals surface area contributed by atoms with Gasteiger partial charge in [0.1, 0.15) is 0 Å². The molecule has 0 aromatic heterocycles. The minimum Gasteiger partial charge on any atom is -0.379 e. The lowest BCUT2D eigenvalue weighted by molar-refractivity contribution is 0.0389. The number of morpholine rings is 1. The number of rotatable bonds is 6. The summed E-state index contributed by atoms with van der Waals surface area (Å²) in [5, 5.41) is 6.75. The van der Waals surface area contributed by atoms with E-state index in [1.165, 1.54) is 12.8 Å². The summed E-state index contributed by atoms with van der Waals surface area (Å²) < 4.78 is 5.34. The standard InChI is InChI=1S/C15H32N4O/c1-15(2,3)6-5-7-17-14(16-4)18-8-9-19-10-12-20-13-11-19/h5-13H2,1-4H3,(H2,16,17,18). The van der Waals surface area contributed by atoms with Crippen molar-refractivity contribution in [2.24, 2.45) is 10.4 Å². The van der Waals surface area contributed by atoms with Crippen molar-refractivity contribution < 1.29 is 4.74 Å². The summed E-state index contributed by atoms with van der Waals surface area (Å²) in [5.74, 6) is 0.909. The Hall–Kier alpha value is -0.810. The first kappa shape index (κ1) is 17.2. The Morgan fingerprint density at radius 1 is 1.15 bits per heavy atom. The van der Waals surface area contributed by atoms with Crippen LogP contribution in [0.25, 0.3) is 0 Å². The van der Waals surface area contributed by atoms with E-state index in [0.717, 1.165) is 51.9 Å². The molecule has 118 valence electrons. The molecule has 5 nitrogen and oxygen atoms in total. The van der Waals surface area contributed by atoms with E-state index < -0.39 is 0 Å². The van der Waals surface area contributed by atoms with Gasteiger partial charge in [-0.2, -0.15) is 0 Å². The van der Waals surface area contributed by atoms with Crippen LogP contribution < -0.4 is 10.6 Å². The van der Waals surface area contributed by atoms with Gasteiger partial charge in [-0.1, -0.05) is 20.8 Å². The van der Waals surface area contributed by atoms with Gasteiger partial charge in [-0.05, 0) is 18.3 Å². The molecule has 0 aliphatic carbocycles. The molecule has 1 aliphatic rings. The normalized spacial score (nSPS) is 18.1. The minimum atomic E-state index is 0.412. The van der Waals surface area contributed by atoms with E-state index in [1.807, 2.05) is 7.05 Å². The topological polar surface area (TPSA) is 48.9 Å². The average molecular weight is 284 g/mol. The molecule has 0 spiro atoms. The number of hydrogen-bond acceptors (Lipinski definition) is 3. The SMILES string of the molecule is CN=C(NCCCC(C)(C)C)NCCN1CCOCC1. The molecule has 1 fully saturated rings. The Balaban J connectivity index is 2.07. The highest BCUT2D eigenvalue weighted by Gasteiger charge is 2.10. The molecule has 20 heavy (non-hydrogen) atoms. The van der Waals surface area contributed by atoms with Gasteiger partial charge in [0.25, 0.3) is 0 Å². The molecule has 2 N–H and O–H groups in total. The van der Waals surface area contributed by atoms with Gasteiger partial charge in [0.05, 0.1) is 13.2 Å². The number of hydrogen-bond donors (Lipinski definition) is 2. The van der Waals surface area contributed by atoms with Crippen LogP contribution in [0.2, 0.25) is 0 Å². The molecular weight excluding hydrogens is 252 g/mol. The molecule has 0 radical (unpaired) electrons. The minimum absolute atomic E-state index is 0.412. The average Bonchev–Trinajstić information content (AvgIpc) is 2.41. The third kappa shape index (κ3) is 8.38. The summed E-state index contributed by atoms with van der Waals surface area (Å²) in [6, 6.07) is 0. The van der Waals surface area contributed by atoms with Crippen molar-refractivity contribution in [1.82, 2.24) is 15.5 Å². The Morgan fingerprint density at radius 2 is 1.80 bits per heavy atom. The highest BCUT2D eigenvalue weighted by Crippen LogP contribution is 2.19. The van der Waals surface area contributed by atoms with Crippen LogP contribution in [0, 0.1) is 5.41 Å². The zero-order valence-electron chi connectivity index (χ0n) is 13.7. The quantitative estimate of drug-likeness (QED) is 0.439. The number of nitrogens with one attached hydrogen (secondary N) is 2. The van der Waals surface area contributed by atoms with E-state index in [-0.39, 0.29) is 0 Å². The van der Waals surface area contributed by atoms with Crippen LogP contribution in [-0.4, -0.2) is 63.8 Å². The van der Waals surface area contributed by atoms with Gasteiger partial charge >= 0.3 is 0 Å². The summed E-state index contributed by atoms with van der Waals surface area (Å²) in [4.78, 5) is 6.68. The molecule has 0 saturated carbocycles. The smallest absolute Gasteiger partial charge is 0.191 e. The molecular formula is C15H32N4O. The van der Waals surface area contributed by atoms with Crippen LogP contribution >= 0.6 is 0 Å². The van der Waals surface area contributed by atoms with Crippen LogP contribution in [0.15, 0.2) is 4.99 Å². The predicted molar refractivity (Wildman–Crippen MR) is 85.3 cm³/mol. The summed E-state index contributed by atoms with van der Waals surface area (Å²) in [6.45, 7) is 13.6. The molecule has 0 amide bonds. The summed E-state index contributed by atoms with van der Waals surface area (Å²) in [5.41, 5.74) is 0.412. The Morgan fingerprint density at radius 3 is 2.40 bits per heavy atom. The van der Waals surface area contributed by atoms with Crippen LogP contribution in [0.3, 0.4) is 0 Å². The first-order valence-electron chi connectivity index (χ1n) is 7.76. The van der Waals surface area contributed by atoms with Crippen molar-refractivity contribution in [3.63, 3.8) is 0 Å². The first-order valence-corrected chi connectivity index (χ1v) is 7.76. The second-order valence-corrected chi connectivity index (χ2v) is 6.54. The van der Waals surface area contributed by atoms with Gasteiger partial charge in [-0.3, -0.25) is 9.89 Å². The number of nitrogens with zero attached hydrogens (tertiary/aromatic N) is 2. The lowest BCUT2D eigenvalue weighted by Gasteiger charge is -2.26. The second-order valence-electron chi connectivity index (χ2n) is 6.54. The van der Waals surface area contributed by atoms with Crippen molar-refractivity contribution in [1.29, 1.82) is 0 Å². The number of ether oxygens (including phenoxy) is 1. The fourth-order valence-electron chi connectivity index (χ4n) is 2.20. The van der Waals surface area contributed by atoms with Gasteiger partial charge in [0.15, 0.2) is 5.96 Å². The number of guanidine groups is 1. The first-order chi connectivity index (χ1) is 9.51. The van der Waals surface area contributed by atoms with E-state index in [1.54, 1.807) is 0 Å². The second kappa shape index (κ2) is 9.19. The summed E-state index contributed by atoms with van der Waals surface area (Å²) in [7, 11) is 1.83. The fourth-order valence-corrected chi connectivity index (χ4v) is 2.20. The maximum atomic E-state index is 5.34. The highest BCUT2D eigenvalue weighted by molar-refractivity contribution is 5.79. The van der Waals surface area contributed by atoms with Crippen LogP contribution in [0.4, 0.5) is 0 Å². The summed E-state index contributed by atoms with van der Waals surface area (Å²) in [6.07, 6.45) is 2.40. The molecule has 1 saturated heterocycles. The maximum Gasteiger partial charge on any atom is 0.191 e. The molecule has 1 rings (SSSR count). The molecule has 0 aromatic carbocycles. The van der Waals surface area contributed by atoms with E-state index in [0.29, 0.717) is 5.41 Å². The van der Waals surface area contributed by atoms with Gasteiger partial charge < -0.3 is 15.4 Å². The monoisotopic (exact) mass is 284 g/mol. The van der Waals surface area contributed by atoms with E-state index >= 15 is 0 Å². The van der Waals surface area contributed by atoms with Crippen molar-refractivity contribution in [3.8, 4) is 0 Å². The molecule has 5 heteroatoms. The van der Waals surface area contributed by atoms with E-state index in [2.05, 4.69) is 41.3 Å². The Labute approximate surface area is 124 Å². The lowest BCUT2D eigenvalue weighted by Crippen LogP contribution is -2.44. The Bertz CT molecular complexity index is 280. The van der Waals surface area contributed by atoms with Crippen molar-refractivity contribution in [3.05, 3.63) is 0 Å². The summed E-state index contributed by atoms with van der Waals surface area (Å²) >= 11 is 0. The molecule has 1 heterocycles. The van der Waals surface area contributed by atoms with Crippen LogP contribution in [0.1, 0.15) is 33.6 Å². The van der Waals surface area contributed by atoms with E-state index in [9.17, 15) is 0 Å². The van der Waals surface area contributed by atoms with Crippen molar-refractivity contribution >= 4 is 5.96 Å². The molecule has 0 bridgehead atoms. The maximum absolute atomic E-state index is 5.34.